The summed E-state index contributed by atoms with van der Waals surface area (Å²) < 4.78 is 26.7. The highest BCUT2D eigenvalue weighted by Gasteiger charge is 2.44. The fourth-order valence-corrected chi connectivity index (χ4v) is 4.68. The Morgan fingerprint density at radius 2 is 1.89 bits per heavy atom. The second kappa shape index (κ2) is 6.93. The van der Waals surface area contributed by atoms with Crippen LogP contribution in [-0.2, 0) is 19.6 Å². The molecule has 0 unspecified atom stereocenters. The van der Waals surface area contributed by atoms with Crippen LogP contribution in [0.25, 0.3) is 0 Å². The van der Waals surface area contributed by atoms with Crippen LogP contribution in [0, 0.1) is 0 Å². The van der Waals surface area contributed by atoms with E-state index in [1.807, 2.05) is 0 Å². The van der Waals surface area contributed by atoms with Gasteiger partial charge in [0.2, 0.25) is 15.9 Å². The Kier molecular flexibility index (Phi) is 4.96. The van der Waals surface area contributed by atoms with Gasteiger partial charge in [-0.05, 0) is 44.9 Å². The minimum Gasteiger partial charge on any atom is -0.324 e. The third-order valence-electron chi connectivity index (χ3n) is 4.57. The van der Waals surface area contributed by atoms with Crippen LogP contribution in [0.1, 0.15) is 26.7 Å². The van der Waals surface area contributed by atoms with Crippen molar-refractivity contribution in [2.45, 2.75) is 37.1 Å². The Hall–Kier alpha value is -2.46. The molecule has 2 aliphatic heterocycles. The maximum Gasteiger partial charge on any atom is 0.325 e. The summed E-state index contributed by atoms with van der Waals surface area (Å²) in [6.07, 6.45) is 1.66. The highest BCUT2D eigenvalue weighted by Crippen LogP contribution is 2.23. The number of benzene rings is 1. The molecule has 3 rings (SSSR count). The number of urea groups is 1. The van der Waals surface area contributed by atoms with Gasteiger partial charge in [0.05, 0.1) is 4.90 Å². The summed E-state index contributed by atoms with van der Waals surface area (Å²) in [6, 6.07) is 5.31. The van der Waals surface area contributed by atoms with E-state index in [0.29, 0.717) is 13.1 Å². The molecule has 10 heteroatoms. The zero-order valence-corrected chi connectivity index (χ0v) is 16.0. The van der Waals surface area contributed by atoms with Crippen LogP contribution in [-0.4, -0.2) is 60.6 Å². The SMILES string of the molecule is CC1(C)NC(=O)N(CC(=O)Nc2cccc(S(=O)(=O)N3CCCC3)c2)C1=O. The van der Waals surface area contributed by atoms with Gasteiger partial charge in [-0.15, -0.1) is 0 Å². The standard InChI is InChI=1S/C17H22N4O5S/c1-17(2)15(23)21(16(24)19-17)11-14(22)18-12-6-5-7-13(10-12)27(25,26)20-8-3-4-9-20/h5-7,10H,3-4,8-9,11H2,1-2H3,(H,18,22)(H,19,24). The number of nitrogens with one attached hydrogen (secondary N) is 2. The number of imide groups is 1. The van der Waals surface area contributed by atoms with Gasteiger partial charge in [-0.25, -0.2) is 13.2 Å². The van der Waals surface area contributed by atoms with Gasteiger partial charge in [0.1, 0.15) is 12.1 Å². The minimum atomic E-state index is -3.60. The molecule has 2 fully saturated rings. The smallest absolute Gasteiger partial charge is 0.324 e. The van der Waals surface area contributed by atoms with Crippen LogP contribution in [0.3, 0.4) is 0 Å². The van der Waals surface area contributed by atoms with E-state index in [1.54, 1.807) is 19.9 Å². The van der Waals surface area contributed by atoms with E-state index in [2.05, 4.69) is 10.6 Å². The Bertz CT molecular complexity index is 890. The summed E-state index contributed by atoms with van der Waals surface area (Å²) in [4.78, 5) is 37.2. The van der Waals surface area contributed by atoms with E-state index in [9.17, 15) is 22.8 Å². The first-order valence-electron chi connectivity index (χ1n) is 8.65. The maximum atomic E-state index is 12.6. The number of anilines is 1. The van der Waals surface area contributed by atoms with Gasteiger partial charge in [-0.1, -0.05) is 6.07 Å². The minimum absolute atomic E-state index is 0.0957. The van der Waals surface area contributed by atoms with Crippen molar-refractivity contribution in [3.05, 3.63) is 24.3 Å². The first-order valence-corrected chi connectivity index (χ1v) is 10.1. The van der Waals surface area contributed by atoms with Gasteiger partial charge in [0.25, 0.3) is 5.91 Å². The van der Waals surface area contributed by atoms with Crippen LogP contribution >= 0.6 is 0 Å². The fourth-order valence-electron chi connectivity index (χ4n) is 3.12. The predicted octanol–water partition coefficient (Wildman–Crippen LogP) is 0.740. The number of nitrogens with zero attached hydrogens (tertiary/aromatic N) is 2. The fraction of sp³-hybridized carbons (Fsp3) is 0.471. The molecule has 2 N–H and O–H groups in total. The molecular weight excluding hydrogens is 372 g/mol. The molecule has 9 nitrogen and oxygen atoms in total. The largest absolute Gasteiger partial charge is 0.325 e. The van der Waals surface area contributed by atoms with E-state index in [1.165, 1.54) is 22.5 Å². The predicted molar refractivity (Wildman–Crippen MR) is 97.4 cm³/mol. The first-order chi connectivity index (χ1) is 12.6. The lowest BCUT2D eigenvalue weighted by Gasteiger charge is -2.17. The number of carbonyl (C=O) groups is 3. The van der Waals surface area contributed by atoms with Gasteiger partial charge in [0.15, 0.2) is 0 Å². The Morgan fingerprint density at radius 3 is 2.48 bits per heavy atom. The average molecular weight is 394 g/mol. The number of amides is 4. The highest BCUT2D eigenvalue weighted by molar-refractivity contribution is 7.89. The molecule has 0 spiro atoms. The van der Waals surface area contributed by atoms with Crippen molar-refractivity contribution in [2.75, 3.05) is 25.0 Å². The lowest BCUT2D eigenvalue weighted by Crippen LogP contribution is -2.41. The normalized spacial score (nSPS) is 20.0. The molecule has 146 valence electrons. The van der Waals surface area contributed by atoms with E-state index < -0.39 is 40.0 Å². The van der Waals surface area contributed by atoms with Crippen LogP contribution < -0.4 is 10.6 Å². The van der Waals surface area contributed by atoms with Crippen molar-refractivity contribution in [3.8, 4) is 0 Å². The van der Waals surface area contributed by atoms with Gasteiger partial charge >= 0.3 is 6.03 Å². The summed E-state index contributed by atoms with van der Waals surface area (Å²) in [5.74, 6) is -1.08. The number of hydrogen-bond acceptors (Lipinski definition) is 5. The second-order valence-electron chi connectivity index (χ2n) is 7.13. The van der Waals surface area contributed by atoms with Gasteiger partial charge in [0, 0.05) is 18.8 Å². The molecule has 0 aromatic heterocycles. The van der Waals surface area contributed by atoms with E-state index >= 15 is 0 Å². The summed E-state index contributed by atoms with van der Waals surface area (Å²) in [5.41, 5.74) is -0.771. The zero-order valence-electron chi connectivity index (χ0n) is 15.2. The van der Waals surface area contributed by atoms with Crippen molar-refractivity contribution >= 4 is 33.6 Å². The third kappa shape index (κ3) is 3.81. The van der Waals surface area contributed by atoms with Crippen LogP contribution in [0.2, 0.25) is 0 Å². The lowest BCUT2D eigenvalue weighted by molar-refractivity contribution is -0.132. The molecule has 0 aliphatic carbocycles. The van der Waals surface area contributed by atoms with Crippen molar-refractivity contribution in [2.24, 2.45) is 0 Å². The molecular formula is C17H22N4O5S. The van der Waals surface area contributed by atoms with Crippen LogP contribution in [0.5, 0.6) is 0 Å². The lowest BCUT2D eigenvalue weighted by atomic mass is 10.1. The topological polar surface area (TPSA) is 116 Å². The molecule has 0 radical (unpaired) electrons. The van der Waals surface area contributed by atoms with Crippen molar-refractivity contribution in [3.63, 3.8) is 0 Å². The third-order valence-corrected chi connectivity index (χ3v) is 6.46. The molecule has 2 heterocycles. The summed E-state index contributed by atoms with van der Waals surface area (Å²) in [5, 5.41) is 5.04. The summed E-state index contributed by atoms with van der Waals surface area (Å²) in [7, 11) is -3.60. The molecule has 2 aliphatic rings. The number of rotatable bonds is 5. The molecule has 0 bridgehead atoms. The molecule has 0 saturated carbocycles. The van der Waals surface area contributed by atoms with Crippen LogP contribution in [0.4, 0.5) is 10.5 Å². The zero-order chi connectivity index (χ0) is 19.8. The Morgan fingerprint density at radius 1 is 1.22 bits per heavy atom. The summed E-state index contributed by atoms with van der Waals surface area (Å²) in [6.45, 7) is 3.63. The van der Waals surface area contributed by atoms with Gasteiger partial charge in [-0.2, -0.15) is 4.31 Å². The molecule has 1 aromatic carbocycles. The van der Waals surface area contributed by atoms with Crippen molar-refractivity contribution in [1.82, 2.24) is 14.5 Å². The Labute approximate surface area is 157 Å². The van der Waals surface area contributed by atoms with E-state index in [0.717, 1.165) is 17.7 Å². The molecule has 0 atom stereocenters. The summed E-state index contributed by atoms with van der Waals surface area (Å²) >= 11 is 0. The van der Waals surface area contributed by atoms with Gasteiger partial charge < -0.3 is 10.6 Å². The Balaban J connectivity index is 1.70. The van der Waals surface area contributed by atoms with Gasteiger partial charge in [-0.3, -0.25) is 14.5 Å². The van der Waals surface area contributed by atoms with Crippen LogP contribution in [0.15, 0.2) is 29.2 Å². The maximum absolute atomic E-state index is 12.6. The number of sulfonamides is 1. The van der Waals surface area contributed by atoms with Crippen molar-refractivity contribution < 1.29 is 22.8 Å². The molecule has 4 amide bonds. The quantitative estimate of drug-likeness (QED) is 0.715. The van der Waals surface area contributed by atoms with E-state index in [-0.39, 0.29) is 10.6 Å². The average Bonchev–Trinajstić information content (AvgIpc) is 3.19. The molecule has 1 aromatic rings. The highest BCUT2D eigenvalue weighted by atomic mass is 32.2. The molecule has 2 saturated heterocycles. The monoisotopic (exact) mass is 394 g/mol. The molecule has 27 heavy (non-hydrogen) atoms. The number of carbonyl (C=O) groups excluding carboxylic acids is 3. The van der Waals surface area contributed by atoms with E-state index in [4.69, 9.17) is 0 Å². The second-order valence-corrected chi connectivity index (χ2v) is 9.07. The number of hydrogen-bond donors (Lipinski definition) is 2. The first kappa shape index (κ1) is 19.3. The van der Waals surface area contributed by atoms with Crippen molar-refractivity contribution in [1.29, 1.82) is 0 Å².